The average Bonchev–Trinajstić information content (AvgIpc) is 3.28. The van der Waals surface area contributed by atoms with Crippen molar-refractivity contribution in [3.05, 3.63) is 71.9 Å². The zero-order chi connectivity index (χ0) is 26.1. The molecule has 36 heavy (non-hydrogen) atoms. The lowest BCUT2D eigenvalue weighted by atomic mass is 10.0. The molecule has 0 aliphatic heterocycles. The molecule has 1 aromatic heterocycles. The van der Waals surface area contributed by atoms with Gasteiger partial charge in [-0.3, -0.25) is 14.4 Å². The maximum absolute atomic E-state index is 12.6. The summed E-state index contributed by atoms with van der Waals surface area (Å²) in [6.45, 7) is -0.459. The van der Waals surface area contributed by atoms with Crippen molar-refractivity contribution < 1.29 is 24.3 Å². The third-order valence-corrected chi connectivity index (χ3v) is 5.97. The third-order valence-electron chi connectivity index (χ3n) is 5.61. The molecular weight excluding hydrogens is 482 g/mol. The predicted octanol–water partition coefficient (Wildman–Crippen LogP) is 0.381. The van der Waals surface area contributed by atoms with Gasteiger partial charge in [0.2, 0.25) is 17.7 Å². The van der Waals surface area contributed by atoms with E-state index in [1.54, 1.807) is 36.5 Å². The second-order valence-corrected chi connectivity index (χ2v) is 8.64. The van der Waals surface area contributed by atoms with E-state index >= 15 is 0 Å². The molecule has 2 aromatic carbocycles. The molecule has 11 heteroatoms. The number of rotatable bonds is 12. The monoisotopic (exact) mass is 511 g/mol. The first-order chi connectivity index (χ1) is 17.3. The second kappa shape index (κ2) is 12.8. The van der Waals surface area contributed by atoms with Crippen molar-refractivity contribution in [2.75, 3.05) is 12.3 Å². The number of aliphatic carboxylic acids is 1. The number of carboxylic acid groups (broad SMARTS) is 1. The summed E-state index contributed by atoms with van der Waals surface area (Å²) in [4.78, 5) is 52.0. The molecule has 0 saturated heterocycles. The van der Waals surface area contributed by atoms with E-state index < -0.39 is 48.4 Å². The molecular formula is C25H29N5O5S. The van der Waals surface area contributed by atoms with Crippen molar-refractivity contribution in [2.24, 2.45) is 5.73 Å². The van der Waals surface area contributed by atoms with Crippen LogP contribution in [0.15, 0.2) is 60.8 Å². The zero-order valence-electron chi connectivity index (χ0n) is 19.4. The van der Waals surface area contributed by atoms with Crippen LogP contribution in [0, 0.1) is 0 Å². The van der Waals surface area contributed by atoms with Crippen LogP contribution < -0.4 is 21.7 Å². The summed E-state index contributed by atoms with van der Waals surface area (Å²) < 4.78 is 0. The Bertz CT molecular complexity index is 1220. The third kappa shape index (κ3) is 7.33. The van der Waals surface area contributed by atoms with Crippen LogP contribution in [-0.4, -0.2) is 64.2 Å². The molecule has 0 aliphatic carbocycles. The molecule has 3 amide bonds. The van der Waals surface area contributed by atoms with Crippen LogP contribution in [0.2, 0.25) is 0 Å². The van der Waals surface area contributed by atoms with Gasteiger partial charge in [-0.1, -0.05) is 48.5 Å². The van der Waals surface area contributed by atoms with E-state index in [1.165, 1.54) is 0 Å². The number of amides is 3. The van der Waals surface area contributed by atoms with Crippen LogP contribution in [-0.2, 0) is 32.0 Å². The number of carbonyl (C=O) groups is 4. The summed E-state index contributed by atoms with van der Waals surface area (Å²) in [6, 6.07) is 13.4. The van der Waals surface area contributed by atoms with Crippen molar-refractivity contribution in [2.45, 2.75) is 31.0 Å². The summed E-state index contributed by atoms with van der Waals surface area (Å²) >= 11 is 4.12. The highest BCUT2D eigenvalue weighted by atomic mass is 32.1. The van der Waals surface area contributed by atoms with Gasteiger partial charge in [-0.05, 0) is 23.6 Å². The number of aromatic nitrogens is 1. The van der Waals surface area contributed by atoms with Crippen LogP contribution in [0.5, 0.6) is 0 Å². The van der Waals surface area contributed by atoms with Crippen molar-refractivity contribution in [1.29, 1.82) is 0 Å². The number of aromatic amines is 1. The maximum atomic E-state index is 12.6. The number of nitrogens with two attached hydrogens (primary N) is 1. The number of fused-ring (bicyclic) bond motifs is 1. The van der Waals surface area contributed by atoms with Gasteiger partial charge < -0.3 is 31.8 Å². The van der Waals surface area contributed by atoms with E-state index in [4.69, 9.17) is 5.73 Å². The second-order valence-electron chi connectivity index (χ2n) is 8.28. The van der Waals surface area contributed by atoms with Gasteiger partial charge in [0.1, 0.15) is 12.1 Å². The van der Waals surface area contributed by atoms with Gasteiger partial charge in [-0.25, -0.2) is 4.79 Å². The molecule has 10 nitrogen and oxygen atoms in total. The lowest BCUT2D eigenvalue weighted by Gasteiger charge is -2.19. The number of para-hydroxylation sites is 1. The van der Waals surface area contributed by atoms with E-state index in [-0.39, 0.29) is 18.6 Å². The Morgan fingerprint density at radius 3 is 2.31 bits per heavy atom. The Morgan fingerprint density at radius 2 is 1.61 bits per heavy atom. The van der Waals surface area contributed by atoms with Crippen LogP contribution in [0.25, 0.3) is 10.9 Å². The van der Waals surface area contributed by atoms with E-state index in [9.17, 15) is 24.3 Å². The van der Waals surface area contributed by atoms with E-state index in [1.807, 2.05) is 24.3 Å². The maximum Gasteiger partial charge on any atom is 0.326 e. The quantitative estimate of drug-likeness (QED) is 0.174. The highest BCUT2D eigenvalue weighted by Gasteiger charge is 2.25. The first kappa shape index (κ1) is 26.8. The predicted molar refractivity (Wildman–Crippen MR) is 138 cm³/mol. The number of nitrogens with one attached hydrogen (secondary N) is 4. The normalized spacial score (nSPS) is 13.4. The molecule has 1 heterocycles. The molecule has 0 spiro atoms. The fraction of sp³-hybridized carbons (Fsp3) is 0.280. The molecule has 3 unspecified atom stereocenters. The first-order valence-corrected chi connectivity index (χ1v) is 12.0. The lowest BCUT2D eigenvalue weighted by molar-refractivity contribution is -0.141. The zero-order valence-corrected chi connectivity index (χ0v) is 20.3. The van der Waals surface area contributed by atoms with Gasteiger partial charge >= 0.3 is 5.97 Å². The molecule has 190 valence electrons. The number of thiol groups is 1. The number of benzene rings is 2. The van der Waals surface area contributed by atoms with Crippen molar-refractivity contribution in [1.82, 2.24) is 20.9 Å². The summed E-state index contributed by atoms with van der Waals surface area (Å²) in [5.74, 6) is -3.06. The van der Waals surface area contributed by atoms with Crippen LogP contribution in [0.1, 0.15) is 11.1 Å². The standard InChI is InChI=1S/C25H29N5O5S/c26-18(11-16-12-27-19-9-5-4-8-17(16)19)23(32)30-21(14-36)24(33)28-13-22(31)29-20(25(34)35)10-15-6-2-1-3-7-15/h1-9,12,18,20-21,27,36H,10-11,13-14,26H2,(H,28,33)(H,29,31)(H,30,32)(H,34,35). The van der Waals surface area contributed by atoms with Crippen LogP contribution in [0.3, 0.4) is 0 Å². The minimum atomic E-state index is -1.19. The largest absolute Gasteiger partial charge is 0.480 e. The van der Waals surface area contributed by atoms with Gasteiger partial charge in [0.25, 0.3) is 0 Å². The minimum absolute atomic E-state index is 0.0231. The van der Waals surface area contributed by atoms with Crippen LogP contribution >= 0.6 is 12.6 Å². The minimum Gasteiger partial charge on any atom is -0.480 e. The van der Waals surface area contributed by atoms with Gasteiger partial charge in [-0.15, -0.1) is 0 Å². The molecule has 0 fully saturated rings. The number of carboxylic acids is 1. The van der Waals surface area contributed by atoms with E-state index in [2.05, 4.69) is 33.6 Å². The Kier molecular flexibility index (Phi) is 9.48. The van der Waals surface area contributed by atoms with Crippen molar-refractivity contribution in [3.63, 3.8) is 0 Å². The SMILES string of the molecule is NC(Cc1c[nH]c2ccccc12)C(=O)NC(CS)C(=O)NCC(=O)NC(Cc1ccccc1)C(=O)O. The number of carbonyl (C=O) groups excluding carboxylic acids is 3. The van der Waals surface area contributed by atoms with Crippen LogP contribution in [0.4, 0.5) is 0 Å². The lowest BCUT2D eigenvalue weighted by Crippen LogP contribution is -2.54. The highest BCUT2D eigenvalue weighted by Crippen LogP contribution is 2.18. The Morgan fingerprint density at radius 1 is 0.917 bits per heavy atom. The Balaban J connectivity index is 1.49. The first-order valence-electron chi connectivity index (χ1n) is 11.3. The number of hydrogen-bond acceptors (Lipinski definition) is 6. The smallest absolute Gasteiger partial charge is 0.326 e. The van der Waals surface area contributed by atoms with Gasteiger partial charge in [0, 0.05) is 29.3 Å². The van der Waals surface area contributed by atoms with Crippen molar-refractivity contribution in [3.8, 4) is 0 Å². The molecule has 3 rings (SSSR count). The summed E-state index contributed by atoms with van der Waals surface area (Å²) in [6.07, 6.45) is 2.15. The number of hydrogen-bond donors (Lipinski definition) is 7. The summed E-state index contributed by atoms with van der Waals surface area (Å²) in [5.41, 5.74) is 8.62. The summed E-state index contributed by atoms with van der Waals surface area (Å²) in [5, 5.41) is 17.7. The van der Waals surface area contributed by atoms with Crippen molar-refractivity contribution >= 4 is 47.2 Å². The Labute approximate surface area is 213 Å². The average molecular weight is 512 g/mol. The molecule has 3 atom stereocenters. The molecule has 3 aromatic rings. The molecule has 0 saturated carbocycles. The summed E-state index contributed by atoms with van der Waals surface area (Å²) in [7, 11) is 0. The molecule has 0 bridgehead atoms. The van der Waals surface area contributed by atoms with Gasteiger partial charge in [0.15, 0.2) is 0 Å². The molecule has 0 radical (unpaired) electrons. The van der Waals surface area contributed by atoms with E-state index in [0.717, 1.165) is 22.0 Å². The fourth-order valence-corrected chi connectivity index (χ4v) is 3.95. The van der Waals surface area contributed by atoms with E-state index in [0.29, 0.717) is 0 Å². The number of H-pyrrole nitrogens is 1. The molecule has 7 N–H and O–H groups in total. The van der Waals surface area contributed by atoms with Gasteiger partial charge in [-0.2, -0.15) is 12.6 Å². The topological polar surface area (TPSA) is 166 Å². The van der Waals surface area contributed by atoms with Gasteiger partial charge in [0.05, 0.1) is 12.6 Å². The Hall–Kier alpha value is -3.83. The fourth-order valence-electron chi connectivity index (χ4n) is 3.69. The highest BCUT2D eigenvalue weighted by molar-refractivity contribution is 7.80. The molecule has 0 aliphatic rings.